The van der Waals surface area contributed by atoms with Gasteiger partial charge in [0.15, 0.2) is 16.7 Å². The van der Waals surface area contributed by atoms with Crippen LogP contribution in [-0.4, -0.2) is 47.8 Å². The Morgan fingerprint density at radius 3 is 2.60 bits per heavy atom. The highest BCUT2D eigenvalue weighted by Gasteiger charge is 2.32. The number of nitrogens with zero attached hydrogens (tertiary/aromatic N) is 2. The van der Waals surface area contributed by atoms with Gasteiger partial charge in [0, 0.05) is 6.54 Å². The highest BCUT2D eigenvalue weighted by atomic mass is 79.9. The summed E-state index contributed by atoms with van der Waals surface area (Å²) in [4.78, 5) is 32.0. The van der Waals surface area contributed by atoms with Crippen molar-refractivity contribution in [3.05, 3.63) is 56.9 Å². The van der Waals surface area contributed by atoms with Crippen molar-refractivity contribution < 1.29 is 23.8 Å². The second kappa shape index (κ2) is 12.3. The van der Waals surface area contributed by atoms with E-state index in [1.165, 1.54) is 11.8 Å². The van der Waals surface area contributed by atoms with Crippen molar-refractivity contribution in [2.45, 2.75) is 40.7 Å². The highest BCUT2D eigenvalue weighted by Crippen LogP contribution is 2.40. The van der Waals surface area contributed by atoms with E-state index in [0.29, 0.717) is 52.6 Å². The molecule has 1 amide bonds. The fourth-order valence-electron chi connectivity index (χ4n) is 3.33. The van der Waals surface area contributed by atoms with Crippen molar-refractivity contribution in [2.24, 2.45) is 4.99 Å². The van der Waals surface area contributed by atoms with E-state index < -0.39 is 5.97 Å². The van der Waals surface area contributed by atoms with Crippen LogP contribution in [0.5, 0.6) is 11.5 Å². The molecule has 9 heteroatoms. The van der Waals surface area contributed by atoms with Crippen LogP contribution in [0.1, 0.15) is 50.5 Å². The Morgan fingerprint density at radius 2 is 1.94 bits per heavy atom. The topological polar surface area (TPSA) is 77.4 Å². The summed E-state index contributed by atoms with van der Waals surface area (Å²) in [5, 5.41) is 0.550. The van der Waals surface area contributed by atoms with Crippen LogP contribution < -0.4 is 9.47 Å². The monoisotopic (exact) mass is 560 g/mol. The van der Waals surface area contributed by atoms with E-state index in [4.69, 9.17) is 14.2 Å². The van der Waals surface area contributed by atoms with Gasteiger partial charge in [-0.1, -0.05) is 6.07 Å². The number of hydrogen-bond acceptors (Lipinski definition) is 7. The molecule has 0 atom stereocenters. The zero-order valence-electron chi connectivity index (χ0n) is 20.5. The first-order valence-corrected chi connectivity index (χ1v) is 13.1. The lowest BCUT2D eigenvalue weighted by molar-refractivity contribution is -0.122. The molecule has 0 bridgehead atoms. The van der Waals surface area contributed by atoms with E-state index in [-0.39, 0.29) is 12.0 Å². The maximum Gasteiger partial charge on any atom is 0.338 e. The summed E-state index contributed by atoms with van der Waals surface area (Å²) >= 11 is 4.86. The summed E-state index contributed by atoms with van der Waals surface area (Å²) in [6, 6.07) is 10.6. The van der Waals surface area contributed by atoms with Gasteiger partial charge >= 0.3 is 5.97 Å². The smallest absolute Gasteiger partial charge is 0.338 e. The Kier molecular flexibility index (Phi) is 9.40. The van der Waals surface area contributed by atoms with Crippen molar-refractivity contribution >= 4 is 56.5 Å². The lowest BCUT2D eigenvalue weighted by atomic mass is 10.1. The molecule has 35 heavy (non-hydrogen) atoms. The Bertz CT molecular complexity index is 1160. The zero-order valence-corrected chi connectivity index (χ0v) is 22.9. The molecule has 0 saturated carbocycles. The number of ether oxygens (including phenoxy) is 3. The maximum absolute atomic E-state index is 13.1. The van der Waals surface area contributed by atoms with E-state index in [1.807, 2.05) is 45.9 Å². The maximum atomic E-state index is 13.1. The number of esters is 1. The fraction of sp³-hybridized carbons (Fsp3) is 0.346. The molecule has 0 aliphatic carbocycles. The normalized spacial score (nSPS) is 15.9. The molecule has 186 valence electrons. The summed E-state index contributed by atoms with van der Waals surface area (Å²) in [6.45, 7) is 10.7. The molecule has 2 aromatic rings. The molecule has 2 aromatic carbocycles. The molecule has 0 aromatic heterocycles. The summed E-state index contributed by atoms with van der Waals surface area (Å²) in [6.07, 6.45) is 1.81. The molecule has 1 aliphatic heterocycles. The number of carbonyl (C=O) groups excluding carboxylic acids is 2. The van der Waals surface area contributed by atoms with Crippen LogP contribution in [0.4, 0.5) is 5.69 Å². The van der Waals surface area contributed by atoms with Gasteiger partial charge in [-0.3, -0.25) is 9.69 Å². The van der Waals surface area contributed by atoms with Gasteiger partial charge in [0.1, 0.15) is 0 Å². The Balaban J connectivity index is 1.94. The summed E-state index contributed by atoms with van der Waals surface area (Å²) in [5.41, 5.74) is 1.79. The van der Waals surface area contributed by atoms with Crippen molar-refractivity contribution in [3.63, 3.8) is 0 Å². The van der Waals surface area contributed by atoms with Gasteiger partial charge < -0.3 is 14.2 Å². The first-order chi connectivity index (χ1) is 16.8. The van der Waals surface area contributed by atoms with Crippen molar-refractivity contribution in [3.8, 4) is 11.5 Å². The molecule has 3 rings (SSSR count). The van der Waals surface area contributed by atoms with Crippen LogP contribution in [0.15, 0.2) is 50.8 Å². The number of likely N-dealkylation sites (N-methyl/N-ethyl adjacent to an activating group) is 1. The summed E-state index contributed by atoms with van der Waals surface area (Å²) in [7, 11) is 0. The second-order valence-electron chi connectivity index (χ2n) is 7.75. The van der Waals surface area contributed by atoms with Gasteiger partial charge in [0.25, 0.3) is 5.91 Å². The van der Waals surface area contributed by atoms with Gasteiger partial charge in [-0.05, 0) is 104 Å². The largest absolute Gasteiger partial charge is 0.490 e. The number of rotatable bonds is 9. The minimum Gasteiger partial charge on any atom is -0.490 e. The molecule has 0 spiro atoms. The van der Waals surface area contributed by atoms with E-state index in [2.05, 4.69) is 20.9 Å². The number of hydrogen-bond donors (Lipinski definition) is 0. The van der Waals surface area contributed by atoms with Crippen LogP contribution in [0.3, 0.4) is 0 Å². The van der Waals surface area contributed by atoms with E-state index in [1.54, 1.807) is 36.1 Å². The molecule has 1 aliphatic rings. The van der Waals surface area contributed by atoms with Gasteiger partial charge in [0.05, 0.1) is 39.9 Å². The Hall–Kier alpha value is -2.78. The average molecular weight is 561 g/mol. The fourth-order valence-corrected chi connectivity index (χ4v) is 4.95. The molecule has 7 nitrogen and oxygen atoms in total. The predicted octanol–water partition coefficient (Wildman–Crippen LogP) is 6.44. The SMILES string of the molecule is CCOC(=O)c1cccc(N=C2SC(=Cc3cc(Br)c(OC(C)C)c(OCC)c3)C(=O)N2CC)c1. The third-order valence-electron chi connectivity index (χ3n) is 4.77. The lowest BCUT2D eigenvalue weighted by Gasteiger charge is -2.17. The van der Waals surface area contributed by atoms with Crippen molar-refractivity contribution in [1.82, 2.24) is 4.90 Å². The average Bonchev–Trinajstić information content (AvgIpc) is 3.10. The number of amidine groups is 1. The number of aliphatic imine (C=N–C) groups is 1. The quantitative estimate of drug-likeness (QED) is 0.259. The van der Waals surface area contributed by atoms with E-state index >= 15 is 0 Å². The number of carbonyl (C=O) groups is 2. The third-order valence-corrected chi connectivity index (χ3v) is 6.37. The van der Waals surface area contributed by atoms with Crippen LogP contribution in [-0.2, 0) is 9.53 Å². The minimum absolute atomic E-state index is 0.0131. The molecule has 0 radical (unpaired) electrons. The molecular weight excluding hydrogens is 532 g/mol. The molecule has 0 N–H and O–H groups in total. The number of amides is 1. The molecule has 0 unspecified atom stereocenters. The highest BCUT2D eigenvalue weighted by molar-refractivity contribution is 9.10. The first-order valence-electron chi connectivity index (χ1n) is 11.5. The summed E-state index contributed by atoms with van der Waals surface area (Å²) < 4.78 is 17.5. The number of benzene rings is 2. The van der Waals surface area contributed by atoms with Gasteiger partial charge in [-0.2, -0.15) is 0 Å². The molecule has 1 saturated heterocycles. The van der Waals surface area contributed by atoms with Gasteiger partial charge in [0.2, 0.25) is 0 Å². The van der Waals surface area contributed by atoms with E-state index in [9.17, 15) is 9.59 Å². The van der Waals surface area contributed by atoms with Crippen molar-refractivity contribution in [1.29, 1.82) is 0 Å². The van der Waals surface area contributed by atoms with Crippen LogP contribution in [0.2, 0.25) is 0 Å². The molecule has 1 fully saturated rings. The zero-order chi connectivity index (χ0) is 25.5. The Labute approximate surface area is 218 Å². The molecular formula is C26H29BrN2O5S. The minimum atomic E-state index is -0.404. The van der Waals surface area contributed by atoms with Crippen molar-refractivity contribution in [2.75, 3.05) is 19.8 Å². The van der Waals surface area contributed by atoms with Crippen LogP contribution in [0.25, 0.3) is 6.08 Å². The Morgan fingerprint density at radius 1 is 1.17 bits per heavy atom. The number of halogens is 1. The van der Waals surface area contributed by atoms with Gasteiger partial charge in [-0.15, -0.1) is 0 Å². The van der Waals surface area contributed by atoms with Crippen LogP contribution >= 0.6 is 27.7 Å². The van der Waals surface area contributed by atoms with Gasteiger partial charge in [-0.25, -0.2) is 9.79 Å². The predicted molar refractivity (Wildman–Crippen MR) is 144 cm³/mol. The van der Waals surface area contributed by atoms with E-state index in [0.717, 1.165) is 10.0 Å². The molecule has 1 heterocycles. The lowest BCUT2D eigenvalue weighted by Crippen LogP contribution is -2.28. The number of thioether (sulfide) groups is 1. The first kappa shape index (κ1) is 26.8. The standard InChI is InChI=1S/C26H29BrN2O5S/c1-6-29-24(30)22(14-17-12-20(27)23(34-16(4)5)21(13-17)32-7-2)35-26(29)28-19-11-9-10-18(15-19)25(31)33-8-3/h9-16H,6-8H2,1-5H3. The second-order valence-corrected chi connectivity index (χ2v) is 9.62. The van der Waals surface area contributed by atoms with Crippen LogP contribution in [0, 0.1) is 0 Å². The summed E-state index contributed by atoms with van der Waals surface area (Å²) in [5.74, 6) is 0.704. The third kappa shape index (κ3) is 6.67.